The van der Waals surface area contributed by atoms with Crippen molar-refractivity contribution in [2.24, 2.45) is 0 Å². The molecule has 0 unspecified atom stereocenters. The molecule has 2 rings (SSSR count). The standard InChI is InChI=1S/C12H5ClN4O2/c13-7-2-1-3-9(11(7)12(18)19)17-6-16-8(4-14)10(17)5-15/h1-3,6H,(H,18,19). The number of carboxylic acids is 1. The molecule has 1 aromatic heterocycles. The summed E-state index contributed by atoms with van der Waals surface area (Å²) < 4.78 is 1.23. The Bertz CT molecular complexity index is 752. The molecule has 0 amide bonds. The number of benzene rings is 1. The van der Waals surface area contributed by atoms with Crippen LogP contribution in [0.5, 0.6) is 0 Å². The molecule has 92 valence electrons. The fourth-order valence-corrected chi connectivity index (χ4v) is 1.90. The van der Waals surface area contributed by atoms with Gasteiger partial charge in [-0.1, -0.05) is 17.7 Å². The minimum absolute atomic E-state index is 0.0349. The van der Waals surface area contributed by atoms with Gasteiger partial charge in [-0.05, 0) is 12.1 Å². The fraction of sp³-hybridized carbons (Fsp3) is 0. The predicted octanol–water partition coefficient (Wildman–Crippen LogP) is 1.97. The zero-order valence-electron chi connectivity index (χ0n) is 9.33. The van der Waals surface area contributed by atoms with Crippen molar-refractivity contribution >= 4 is 17.6 Å². The van der Waals surface area contributed by atoms with E-state index in [1.54, 1.807) is 12.1 Å². The summed E-state index contributed by atoms with van der Waals surface area (Å²) in [6, 6.07) is 8.06. The lowest BCUT2D eigenvalue weighted by Gasteiger charge is -2.09. The van der Waals surface area contributed by atoms with Crippen molar-refractivity contribution in [3.05, 3.63) is 46.5 Å². The highest BCUT2D eigenvalue weighted by Gasteiger charge is 2.19. The second-order valence-electron chi connectivity index (χ2n) is 3.47. The molecule has 6 nitrogen and oxygen atoms in total. The average Bonchev–Trinajstić information content (AvgIpc) is 2.80. The molecule has 0 saturated carbocycles. The van der Waals surface area contributed by atoms with Gasteiger partial charge in [-0.2, -0.15) is 10.5 Å². The van der Waals surface area contributed by atoms with Crippen molar-refractivity contribution in [1.29, 1.82) is 10.5 Å². The van der Waals surface area contributed by atoms with Crippen LogP contribution in [0.25, 0.3) is 5.69 Å². The molecule has 1 N–H and O–H groups in total. The summed E-state index contributed by atoms with van der Waals surface area (Å²) >= 11 is 5.85. The van der Waals surface area contributed by atoms with Gasteiger partial charge in [0.05, 0.1) is 10.7 Å². The van der Waals surface area contributed by atoms with E-state index in [2.05, 4.69) is 4.98 Å². The Morgan fingerprint density at radius 2 is 2.11 bits per heavy atom. The minimum atomic E-state index is -1.23. The highest BCUT2D eigenvalue weighted by Crippen LogP contribution is 2.25. The van der Waals surface area contributed by atoms with Gasteiger partial charge in [0.15, 0.2) is 11.4 Å². The SMILES string of the molecule is N#Cc1ncn(-c2cccc(Cl)c2C(=O)O)c1C#N. The van der Waals surface area contributed by atoms with Gasteiger partial charge in [-0.15, -0.1) is 0 Å². The fourth-order valence-electron chi connectivity index (χ4n) is 1.64. The van der Waals surface area contributed by atoms with Crippen molar-refractivity contribution in [3.63, 3.8) is 0 Å². The third kappa shape index (κ3) is 2.01. The zero-order chi connectivity index (χ0) is 14.0. The molecular weight excluding hydrogens is 268 g/mol. The largest absolute Gasteiger partial charge is 0.478 e. The van der Waals surface area contributed by atoms with E-state index in [9.17, 15) is 4.79 Å². The monoisotopic (exact) mass is 272 g/mol. The zero-order valence-corrected chi connectivity index (χ0v) is 10.1. The second kappa shape index (κ2) is 4.81. The Morgan fingerprint density at radius 3 is 2.68 bits per heavy atom. The smallest absolute Gasteiger partial charge is 0.339 e. The van der Waals surface area contributed by atoms with E-state index in [0.717, 1.165) is 0 Å². The van der Waals surface area contributed by atoms with Crippen LogP contribution < -0.4 is 0 Å². The molecule has 1 aromatic carbocycles. The van der Waals surface area contributed by atoms with E-state index in [-0.39, 0.29) is 27.7 Å². The highest BCUT2D eigenvalue weighted by molar-refractivity contribution is 6.34. The van der Waals surface area contributed by atoms with Crippen molar-refractivity contribution in [2.45, 2.75) is 0 Å². The van der Waals surface area contributed by atoms with Crippen molar-refractivity contribution < 1.29 is 9.90 Å². The van der Waals surface area contributed by atoms with E-state index >= 15 is 0 Å². The normalized spacial score (nSPS) is 9.63. The molecule has 7 heteroatoms. The molecule has 0 aliphatic carbocycles. The third-order valence-electron chi connectivity index (χ3n) is 2.44. The quantitative estimate of drug-likeness (QED) is 0.900. The predicted molar refractivity (Wildman–Crippen MR) is 65.0 cm³/mol. The Labute approximate surface area is 112 Å². The molecule has 0 radical (unpaired) electrons. The van der Waals surface area contributed by atoms with E-state index in [1.807, 2.05) is 6.07 Å². The maximum absolute atomic E-state index is 11.2. The molecule has 0 bridgehead atoms. The average molecular weight is 273 g/mol. The number of carboxylic acid groups (broad SMARTS) is 1. The molecule has 1 heterocycles. The van der Waals surface area contributed by atoms with Crippen LogP contribution in [0.1, 0.15) is 21.7 Å². The number of nitrogens with zero attached hydrogens (tertiary/aromatic N) is 4. The van der Waals surface area contributed by atoms with E-state index < -0.39 is 5.97 Å². The summed E-state index contributed by atoms with van der Waals surface area (Å²) in [7, 11) is 0. The van der Waals surface area contributed by atoms with Gasteiger partial charge in [0, 0.05) is 0 Å². The van der Waals surface area contributed by atoms with Gasteiger partial charge in [0.1, 0.15) is 24.0 Å². The first-order valence-electron chi connectivity index (χ1n) is 5.00. The van der Waals surface area contributed by atoms with E-state index in [0.29, 0.717) is 0 Å². The third-order valence-corrected chi connectivity index (χ3v) is 2.76. The molecule has 0 fully saturated rings. The van der Waals surface area contributed by atoms with Crippen LogP contribution in [0.15, 0.2) is 24.5 Å². The molecule has 0 saturated heterocycles. The summed E-state index contributed by atoms with van der Waals surface area (Å²) in [5.74, 6) is -1.23. The number of rotatable bonds is 2. The summed E-state index contributed by atoms with van der Waals surface area (Å²) in [6.07, 6.45) is 1.22. The van der Waals surface area contributed by atoms with Crippen molar-refractivity contribution in [2.75, 3.05) is 0 Å². The number of halogens is 1. The van der Waals surface area contributed by atoms with Crippen LogP contribution in [-0.4, -0.2) is 20.6 Å². The lowest BCUT2D eigenvalue weighted by molar-refractivity contribution is 0.0697. The summed E-state index contributed by atoms with van der Waals surface area (Å²) in [4.78, 5) is 15.0. The van der Waals surface area contributed by atoms with Crippen LogP contribution in [-0.2, 0) is 0 Å². The first kappa shape index (κ1) is 12.6. The number of carbonyl (C=O) groups is 1. The molecule has 0 atom stereocenters. The van der Waals surface area contributed by atoms with Crippen molar-refractivity contribution in [1.82, 2.24) is 9.55 Å². The first-order valence-corrected chi connectivity index (χ1v) is 5.37. The molecule has 2 aromatic rings. The molecule has 0 spiro atoms. The summed E-state index contributed by atoms with van der Waals surface area (Å²) in [6.45, 7) is 0. The van der Waals surface area contributed by atoms with E-state index in [1.165, 1.54) is 23.0 Å². The van der Waals surface area contributed by atoms with E-state index in [4.69, 9.17) is 27.2 Å². The Hall–Kier alpha value is -2.83. The molecular formula is C12H5ClN4O2. The number of nitriles is 2. The van der Waals surface area contributed by atoms with Crippen LogP contribution in [0.3, 0.4) is 0 Å². The Balaban J connectivity index is 2.78. The van der Waals surface area contributed by atoms with Gasteiger partial charge >= 0.3 is 5.97 Å². The summed E-state index contributed by atoms with van der Waals surface area (Å²) in [5.41, 5.74) is -0.0702. The van der Waals surface area contributed by atoms with Crippen LogP contribution >= 0.6 is 11.6 Å². The lowest BCUT2D eigenvalue weighted by atomic mass is 10.1. The summed E-state index contributed by atoms with van der Waals surface area (Å²) in [5, 5.41) is 27.1. The Morgan fingerprint density at radius 1 is 1.37 bits per heavy atom. The van der Waals surface area contributed by atoms with Crippen LogP contribution in [0.4, 0.5) is 0 Å². The van der Waals surface area contributed by atoms with Gasteiger partial charge in [0.2, 0.25) is 0 Å². The number of imidazole rings is 1. The topological polar surface area (TPSA) is 103 Å². The Kier molecular flexibility index (Phi) is 3.19. The van der Waals surface area contributed by atoms with Gasteiger partial charge in [-0.3, -0.25) is 4.57 Å². The van der Waals surface area contributed by atoms with Gasteiger partial charge in [0.25, 0.3) is 0 Å². The number of hydrogen-bond acceptors (Lipinski definition) is 4. The second-order valence-corrected chi connectivity index (χ2v) is 3.88. The minimum Gasteiger partial charge on any atom is -0.478 e. The number of aromatic carboxylic acids is 1. The lowest BCUT2D eigenvalue weighted by Crippen LogP contribution is -2.07. The van der Waals surface area contributed by atoms with Crippen molar-refractivity contribution in [3.8, 4) is 17.8 Å². The first-order chi connectivity index (χ1) is 9.10. The number of hydrogen-bond donors (Lipinski definition) is 1. The number of aromatic nitrogens is 2. The molecule has 0 aliphatic rings. The molecule has 19 heavy (non-hydrogen) atoms. The van der Waals surface area contributed by atoms with Gasteiger partial charge in [-0.25, -0.2) is 9.78 Å². The van der Waals surface area contributed by atoms with Crippen LogP contribution in [0, 0.1) is 22.7 Å². The maximum Gasteiger partial charge on any atom is 0.339 e. The maximum atomic E-state index is 11.2. The van der Waals surface area contributed by atoms with Crippen LogP contribution in [0.2, 0.25) is 5.02 Å². The van der Waals surface area contributed by atoms with Gasteiger partial charge < -0.3 is 5.11 Å². The molecule has 0 aliphatic heterocycles. The highest BCUT2D eigenvalue weighted by atomic mass is 35.5.